The summed E-state index contributed by atoms with van der Waals surface area (Å²) in [5, 5.41) is 13.2. The average molecular weight is 288 g/mol. The molecule has 4 heteroatoms. The molecule has 1 saturated carbocycles. The zero-order valence-corrected chi connectivity index (χ0v) is 12.3. The fourth-order valence-corrected chi connectivity index (χ4v) is 3.72. The van der Waals surface area contributed by atoms with Crippen molar-refractivity contribution in [2.24, 2.45) is 5.73 Å². The summed E-state index contributed by atoms with van der Waals surface area (Å²) in [5.41, 5.74) is 8.14. The maximum absolute atomic E-state index is 12.3. The van der Waals surface area contributed by atoms with Gasteiger partial charge in [-0.2, -0.15) is 0 Å². The van der Waals surface area contributed by atoms with Gasteiger partial charge in [-0.15, -0.1) is 0 Å². The molecule has 0 spiro atoms. The molecule has 2 atom stereocenters. The van der Waals surface area contributed by atoms with Crippen molar-refractivity contribution in [1.82, 2.24) is 5.32 Å². The van der Waals surface area contributed by atoms with Gasteiger partial charge in [0.15, 0.2) is 0 Å². The Morgan fingerprint density at radius 1 is 1.29 bits per heavy atom. The number of aliphatic hydroxyl groups is 1. The van der Waals surface area contributed by atoms with E-state index in [1.807, 2.05) is 24.3 Å². The number of nitrogens with one attached hydrogen (secondary N) is 1. The lowest BCUT2D eigenvalue weighted by Crippen LogP contribution is -2.47. The first-order chi connectivity index (χ1) is 10.1. The van der Waals surface area contributed by atoms with Gasteiger partial charge < -0.3 is 16.2 Å². The number of benzene rings is 1. The normalized spacial score (nSPS) is 27.1. The highest BCUT2D eigenvalue weighted by molar-refractivity contribution is 5.78. The van der Waals surface area contributed by atoms with E-state index in [2.05, 4.69) is 5.32 Å². The van der Waals surface area contributed by atoms with Gasteiger partial charge in [0.2, 0.25) is 5.91 Å². The van der Waals surface area contributed by atoms with Crippen molar-refractivity contribution in [2.45, 2.75) is 62.6 Å². The Hall–Kier alpha value is -1.39. The van der Waals surface area contributed by atoms with Gasteiger partial charge in [0.25, 0.3) is 0 Å². The predicted octanol–water partition coefficient (Wildman–Crippen LogP) is 1.81. The summed E-state index contributed by atoms with van der Waals surface area (Å²) >= 11 is 0. The van der Waals surface area contributed by atoms with Crippen LogP contribution in [0.1, 0.15) is 55.7 Å². The molecule has 0 unspecified atom stereocenters. The van der Waals surface area contributed by atoms with E-state index >= 15 is 0 Å². The first kappa shape index (κ1) is 14.5. The lowest BCUT2D eigenvalue weighted by Gasteiger charge is -2.33. The lowest BCUT2D eigenvalue weighted by molar-refractivity contribution is -0.124. The van der Waals surface area contributed by atoms with Crippen molar-refractivity contribution >= 4 is 5.91 Å². The summed E-state index contributed by atoms with van der Waals surface area (Å²) in [6.45, 7) is 0. The molecule has 2 aliphatic rings. The maximum Gasteiger partial charge on any atom is 0.222 e. The highest BCUT2D eigenvalue weighted by Crippen LogP contribution is 2.32. The van der Waals surface area contributed by atoms with Crippen molar-refractivity contribution < 1.29 is 9.90 Å². The first-order valence-electron chi connectivity index (χ1n) is 7.92. The Kier molecular flexibility index (Phi) is 4.00. The van der Waals surface area contributed by atoms with E-state index < -0.39 is 6.10 Å². The molecule has 1 amide bonds. The summed E-state index contributed by atoms with van der Waals surface area (Å²) in [4.78, 5) is 12.3. The van der Waals surface area contributed by atoms with Crippen LogP contribution in [0.15, 0.2) is 24.3 Å². The number of hydrogen-bond acceptors (Lipinski definition) is 3. The molecule has 0 radical (unpaired) electrons. The van der Waals surface area contributed by atoms with Crippen LogP contribution in [0.4, 0.5) is 0 Å². The van der Waals surface area contributed by atoms with Gasteiger partial charge in [-0.05, 0) is 24.0 Å². The molecule has 0 aromatic heterocycles. The van der Waals surface area contributed by atoms with Crippen LogP contribution in [0, 0.1) is 0 Å². The second-order valence-electron chi connectivity index (χ2n) is 6.62. The Morgan fingerprint density at radius 3 is 2.76 bits per heavy atom. The number of rotatable bonds is 3. The van der Waals surface area contributed by atoms with E-state index in [-0.39, 0.29) is 17.5 Å². The summed E-state index contributed by atoms with van der Waals surface area (Å²) in [7, 11) is 0. The maximum atomic E-state index is 12.3. The zero-order chi connectivity index (χ0) is 14.9. The molecule has 0 heterocycles. The minimum Gasteiger partial charge on any atom is -0.390 e. The van der Waals surface area contributed by atoms with Crippen LogP contribution >= 0.6 is 0 Å². The second kappa shape index (κ2) is 5.78. The largest absolute Gasteiger partial charge is 0.390 e. The fourth-order valence-electron chi connectivity index (χ4n) is 3.72. The van der Waals surface area contributed by atoms with Gasteiger partial charge in [-0.3, -0.25) is 4.79 Å². The Bertz CT molecular complexity index is 523. The van der Waals surface area contributed by atoms with Gasteiger partial charge in [-0.1, -0.05) is 43.5 Å². The van der Waals surface area contributed by atoms with E-state index in [4.69, 9.17) is 5.73 Å². The number of hydrogen-bond donors (Lipinski definition) is 3. The molecule has 4 nitrogen and oxygen atoms in total. The standard InChI is InChI=1S/C17H24N2O2/c18-17(8-4-1-5-9-17)11-15(21)19-16-13-7-3-2-6-12(13)10-14(16)20/h2-3,6-7,14,16,20H,1,4-5,8-11,18H2,(H,19,21)/t14-,16+/m1/s1. The number of nitrogens with two attached hydrogens (primary N) is 1. The highest BCUT2D eigenvalue weighted by Gasteiger charge is 2.35. The summed E-state index contributed by atoms with van der Waals surface area (Å²) in [5.74, 6) is -0.0415. The molecule has 4 N–H and O–H groups in total. The van der Waals surface area contributed by atoms with E-state index in [0.717, 1.165) is 36.8 Å². The van der Waals surface area contributed by atoms with Crippen LogP contribution in [-0.4, -0.2) is 22.7 Å². The quantitative estimate of drug-likeness (QED) is 0.794. The van der Waals surface area contributed by atoms with Crippen LogP contribution in [0.25, 0.3) is 0 Å². The summed E-state index contributed by atoms with van der Waals surface area (Å²) in [6.07, 6.45) is 5.71. The minimum absolute atomic E-state index is 0.0415. The van der Waals surface area contributed by atoms with Gasteiger partial charge in [0.05, 0.1) is 12.1 Å². The fraction of sp³-hybridized carbons (Fsp3) is 0.588. The Labute approximate surface area is 125 Å². The van der Waals surface area contributed by atoms with Crippen molar-refractivity contribution in [3.05, 3.63) is 35.4 Å². The van der Waals surface area contributed by atoms with Crippen LogP contribution in [0.5, 0.6) is 0 Å². The van der Waals surface area contributed by atoms with E-state index in [0.29, 0.717) is 12.8 Å². The third-order valence-electron chi connectivity index (χ3n) is 4.88. The highest BCUT2D eigenvalue weighted by atomic mass is 16.3. The van der Waals surface area contributed by atoms with Gasteiger partial charge in [0.1, 0.15) is 0 Å². The molecule has 114 valence electrons. The average Bonchev–Trinajstić information content (AvgIpc) is 2.75. The second-order valence-corrected chi connectivity index (χ2v) is 6.62. The predicted molar refractivity (Wildman–Crippen MR) is 81.7 cm³/mol. The van der Waals surface area contributed by atoms with Crippen molar-refractivity contribution in [3.8, 4) is 0 Å². The lowest BCUT2D eigenvalue weighted by atomic mass is 9.80. The molecule has 1 aromatic carbocycles. The zero-order valence-electron chi connectivity index (χ0n) is 12.3. The third kappa shape index (κ3) is 3.11. The van der Waals surface area contributed by atoms with Crippen LogP contribution in [0.2, 0.25) is 0 Å². The van der Waals surface area contributed by atoms with Crippen LogP contribution in [0.3, 0.4) is 0 Å². The molecular weight excluding hydrogens is 264 g/mol. The number of aliphatic hydroxyl groups excluding tert-OH is 1. The topological polar surface area (TPSA) is 75.4 Å². The Morgan fingerprint density at radius 2 is 2.00 bits per heavy atom. The monoisotopic (exact) mass is 288 g/mol. The van der Waals surface area contributed by atoms with E-state index in [1.165, 1.54) is 6.42 Å². The molecule has 1 aromatic rings. The first-order valence-corrected chi connectivity index (χ1v) is 7.92. The summed E-state index contributed by atoms with van der Waals surface area (Å²) < 4.78 is 0. The number of amides is 1. The van der Waals surface area contributed by atoms with Crippen LogP contribution in [-0.2, 0) is 11.2 Å². The Balaban J connectivity index is 1.65. The van der Waals surface area contributed by atoms with Crippen molar-refractivity contribution in [3.63, 3.8) is 0 Å². The van der Waals surface area contributed by atoms with Gasteiger partial charge >= 0.3 is 0 Å². The molecule has 0 bridgehead atoms. The third-order valence-corrected chi connectivity index (χ3v) is 4.88. The molecular formula is C17H24N2O2. The molecule has 0 aliphatic heterocycles. The molecule has 2 aliphatic carbocycles. The van der Waals surface area contributed by atoms with Crippen molar-refractivity contribution in [2.75, 3.05) is 0 Å². The smallest absolute Gasteiger partial charge is 0.222 e. The van der Waals surface area contributed by atoms with Crippen molar-refractivity contribution in [1.29, 1.82) is 0 Å². The molecule has 3 rings (SSSR count). The summed E-state index contributed by atoms with van der Waals surface area (Å²) in [6, 6.07) is 7.61. The number of fused-ring (bicyclic) bond motifs is 1. The van der Waals surface area contributed by atoms with Gasteiger partial charge in [-0.25, -0.2) is 0 Å². The van der Waals surface area contributed by atoms with E-state index in [9.17, 15) is 9.90 Å². The SMILES string of the molecule is NC1(CC(=O)N[C@H]2c3ccccc3C[C@H]2O)CCCCC1. The molecule has 21 heavy (non-hydrogen) atoms. The van der Waals surface area contributed by atoms with Gasteiger partial charge in [0, 0.05) is 18.4 Å². The molecule has 1 fully saturated rings. The molecule has 0 saturated heterocycles. The number of carbonyl (C=O) groups is 1. The number of carbonyl (C=O) groups excluding carboxylic acids is 1. The minimum atomic E-state index is -0.536. The van der Waals surface area contributed by atoms with Crippen LogP contribution < -0.4 is 11.1 Å². The van der Waals surface area contributed by atoms with E-state index in [1.54, 1.807) is 0 Å².